The van der Waals surface area contributed by atoms with E-state index in [0.29, 0.717) is 12.2 Å². The highest BCUT2D eigenvalue weighted by Crippen LogP contribution is 2.36. The average Bonchev–Trinajstić information content (AvgIpc) is 3.52. The molecule has 0 radical (unpaired) electrons. The van der Waals surface area contributed by atoms with Crippen LogP contribution < -0.4 is 0 Å². The zero-order valence-corrected chi connectivity index (χ0v) is 33.4. The number of carbonyl (C=O) groups excluding carboxylic acids is 5. The van der Waals surface area contributed by atoms with Crippen molar-refractivity contribution in [2.45, 2.75) is 95.4 Å². The van der Waals surface area contributed by atoms with Crippen molar-refractivity contribution in [3.63, 3.8) is 0 Å². The first-order valence-electron chi connectivity index (χ1n) is 18.7. The predicted molar refractivity (Wildman–Crippen MR) is 206 cm³/mol. The Kier molecular flexibility index (Phi) is 17.1. The summed E-state index contributed by atoms with van der Waals surface area (Å²) in [5, 5.41) is 0. The van der Waals surface area contributed by atoms with E-state index < -0.39 is 90.9 Å². The highest BCUT2D eigenvalue weighted by molar-refractivity contribution is 7.99. The first kappa shape index (κ1) is 44.3. The summed E-state index contributed by atoms with van der Waals surface area (Å²) in [5.74, 6) is -3.24. The third-order valence-electron chi connectivity index (χ3n) is 8.79. The van der Waals surface area contributed by atoms with E-state index in [9.17, 15) is 24.0 Å². The largest absolute Gasteiger partial charge is 0.463 e. The van der Waals surface area contributed by atoms with E-state index >= 15 is 0 Å². The summed E-state index contributed by atoms with van der Waals surface area (Å²) in [6.07, 6.45) is -8.87. The Hall–Kier alpha value is -4.84. The molecule has 16 heteroatoms. The van der Waals surface area contributed by atoms with E-state index in [2.05, 4.69) is 0 Å². The van der Waals surface area contributed by atoms with Crippen LogP contribution in [0.4, 0.5) is 0 Å². The monoisotopic (exact) mass is 824 g/mol. The number of rotatable bonds is 19. The average molecular weight is 825 g/mol. The van der Waals surface area contributed by atoms with Gasteiger partial charge in [0.25, 0.3) is 0 Å². The maximum Gasteiger partial charge on any atom is 0.338 e. The fourth-order valence-electron chi connectivity index (χ4n) is 6.34. The molecule has 0 N–H and O–H groups in total. The van der Waals surface area contributed by atoms with E-state index in [1.54, 1.807) is 30.3 Å². The maximum atomic E-state index is 13.5. The first-order chi connectivity index (χ1) is 28.0. The van der Waals surface area contributed by atoms with Gasteiger partial charge in [-0.05, 0) is 23.3 Å². The minimum Gasteiger partial charge on any atom is -0.463 e. The lowest BCUT2D eigenvalue weighted by Crippen LogP contribution is -2.63. The number of ether oxygens (including phenoxy) is 10. The van der Waals surface area contributed by atoms with Crippen LogP contribution in [0.25, 0.3) is 0 Å². The normalized spacial score (nSPS) is 25.3. The lowest BCUT2D eigenvalue weighted by Gasteiger charge is -2.44. The van der Waals surface area contributed by atoms with E-state index in [1.807, 2.05) is 60.7 Å². The van der Waals surface area contributed by atoms with Crippen LogP contribution in [0.3, 0.4) is 0 Å². The minimum absolute atomic E-state index is 0.0532. The summed E-state index contributed by atoms with van der Waals surface area (Å²) < 4.78 is 59.0. The van der Waals surface area contributed by atoms with Crippen molar-refractivity contribution in [3.05, 3.63) is 108 Å². The van der Waals surface area contributed by atoms with Gasteiger partial charge in [0.2, 0.25) is 0 Å². The van der Waals surface area contributed by atoms with Gasteiger partial charge in [0, 0.05) is 33.4 Å². The number of hydrogen-bond acceptors (Lipinski definition) is 16. The summed E-state index contributed by atoms with van der Waals surface area (Å²) in [6, 6.07) is 27.8. The van der Waals surface area contributed by atoms with Gasteiger partial charge in [0.1, 0.15) is 30.4 Å². The van der Waals surface area contributed by atoms with Gasteiger partial charge in [0.15, 0.2) is 30.7 Å². The SMILES string of the molecule is CC(=O)OC[C@H]1O[C@@H](OCCS[C@@H]2O[C@H](COCc3ccccc3)[C@@H](OCc3ccccc3)[C@H]2OC(=O)c2ccccc2)[C@H](OC(C)=O)[C@@H](OC(C)=O)[C@@H]1OC(C)=O. The first-order valence-corrected chi connectivity index (χ1v) is 19.8. The van der Waals surface area contributed by atoms with Gasteiger partial charge < -0.3 is 47.4 Å². The number of carbonyl (C=O) groups is 5. The molecule has 2 aliphatic heterocycles. The fourth-order valence-corrected chi connectivity index (χ4v) is 7.38. The second-order valence-electron chi connectivity index (χ2n) is 13.4. The van der Waals surface area contributed by atoms with E-state index in [0.717, 1.165) is 31.9 Å². The Bertz CT molecular complexity index is 1780. The van der Waals surface area contributed by atoms with Crippen molar-refractivity contribution in [2.75, 3.05) is 25.6 Å². The molecule has 2 fully saturated rings. The molecule has 312 valence electrons. The molecule has 0 aliphatic carbocycles. The summed E-state index contributed by atoms with van der Waals surface area (Å²) in [4.78, 5) is 61.8. The van der Waals surface area contributed by atoms with Crippen molar-refractivity contribution >= 4 is 41.6 Å². The van der Waals surface area contributed by atoms with Gasteiger partial charge in [-0.3, -0.25) is 19.2 Å². The van der Waals surface area contributed by atoms with Crippen LogP contribution in [0.1, 0.15) is 49.2 Å². The standard InChI is InChI=1S/C42H48O15S/c1-26(43)50-25-34-36(52-27(2)44)37(53-28(3)45)38(54-29(4)46)41(55-34)49-20-21-58-42-39(57-40(47)32-18-12-7-13-19-32)35(51-23-31-16-10-6-11-17-31)33(56-42)24-48-22-30-14-8-5-9-15-30/h5-19,33-39,41-42H,20-25H2,1-4H3/t33-,34-,35-,36-,37+,38-,39-,41-,42+/m1/s1. The molecular formula is C42H48O15S. The van der Waals surface area contributed by atoms with Crippen molar-refractivity contribution in [3.8, 4) is 0 Å². The maximum absolute atomic E-state index is 13.5. The van der Waals surface area contributed by atoms with Gasteiger partial charge in [-0.1, -0.05) is 78.9 Å². The smallest absolute Gasteiger partial charge is 0.338 e. The molecule has 0 aromatic heterocycles. The molecule has 0 bridgehead atoms. The molecule has 9 atom stereocenters. The quantitative estimate of drug-likeness (QED) is 0.0932. The second-order valence-corrected chi connectivity index (χ2v) is 14.6. The predicted octanol–water partition coefficient (Wildman–Crippen LogP) is 4.57. The van der Waals surface area contributed by atoms with Crippen LogP contribution in [0, 0.1) is 0 Å². The molecular weight excluding hydrogens is 777 g/mol. The topological polar surface area (TPSA) is 178 Å². The molecule has 2 saturated heterocycles. The van der Waals surface area contributed by atoms with Crippen LogP contribution in [0.15, 0.2) is 91.0 Å². The Morgan fingerprint density at radius 2 is 1.10 bits per heavy atom. The van der Waals surface area contributed by atoms with Crippen LogP contribution >= 0.6 is 11.8 Å². The lowest BCUT2D eigenvalue weighted by atomic mass is 9.98. The van der Waals surface area contributed by atoms with Crippen molar-refractivity contribution in [1.29, 1.82) is 0 Å². The van der Waals surface area contributed by atoms with Crippen LogP contribution in [0.2, 0.25) is 0 Å². The van der Waals surface area contributed by atoms with Crippen LogP contribution in [-0.4, -0.2) is 110 Å². The van der Waals surface area contributed by atoms with Gasteiger partial charge in [0.05, 0.1) is 32.0 Å². The molecule has 3 aromatic rings. The molecule has 2 heterocycles. The molecule has 2 aliphatic rings. The van der Waals surface area contributed by atoms with Crippen molar-refractivity contribution in [1.82, 2.24) is 0 Å². The summed E-state index contributed by atoms with van der Waals surface area (Å²) >= 11 is 1.28. The lowest BCUT2D eigenvalue weighted by molar-refractivity contribution is -0.307. The van der Waals surface area contributed by atoms with E-state index in [1.165, 1.54) is 18.7 Å². The number of benzene rings is 3. The summed E-state index contributed by atoms with van der Waals surface area (Å²) in [6.45, 7) is 4.83. The van der Waals surface area contributed by atoms with E-state index in [4.69, 9.17) is 47.4 Å². The highest BCUT2D eigenvalue weighted by atomic mass is 32.2. The molecule has 0 unspecified atom stereocenters. The molecule has 0 amide bonds. The van der Waals surface area contributed by atoms with Crippen molar-refractivity contribution in [2.24, 2.45) is 0 Å². The number of thioether (sulfide) groups is 1. The Balaban J connectivity index is 1.34. The molecule has 0 saturated carbocycles. The number of esters is 5. The third-order valence-corrected chi connectivity index (χ3v) is 9.90. The zero-order chi connectivity index (χ0) is 41.4. The van der Waals surface area contributed by atoms with Gasteiger partial charge in [-0.25, -0.2) is 4.79 Å². The minimum atomic E-state index is -1.38. The Labute approximate surface area is 340 Å². The number of hydrogen-bond donors (Lipinski definition) is 0. The third kappa shape index (κ3) is 13.4. The van der Waals surface area contributed by atoms with Crippen LogP contribution in [-0.2, 0) is 79.8 Å². The van der Waals surface area contributed by atoms with Crippen LogP contribution in [0.5, 0.6) is 0 Å². The molecule has 58 heavy (non-hydrogen) atoms. The molecule has 5 rings (SSSR count). The van der Waals surface area contributed by atoms with Gasteiger partial charge in [-0.15, -0.1) is 11.8 Å². The van der Waals surface area contributed by atoms with E-state index in [-0.39, 0.29) is 25.6 Å². The summed E-state index contributed by atoms with van der Waals surface area (Å²) in [7, 11) is 0. The Morgan fingerprint density at radius 1 is 0.552 bits per heavy atom. The fraction of sp³-hybridized carbons (Fsp3) is 0.452. The molecule has 3 aromatic carbocycles. The zero-order valence-electron chi connectivity index (χ0n) is 32.6. The molecule has 15 nitrogen and oxygen atoms in total. The molecule has 0 spiro atoms. The van der Waals surface area contributed by atoms with Gasteiger partial charge >= 0.3 is 29.8 Å². The van der Waals surface area contributed by atoms with Gasteiger partial charge in [-0.2, -0.15) is 0 Å². The highest BCUT2D eigenvalue weighted by Gasteiger charge is 2.53. The van der Waals surface area contributed by atoms with Crippen molar-refractivity contribution < 1.29 is 71.3 Å². The Morgan fingerprint density at radius 3 is 1.71 bits per heavy atom. The second kappa shape index (κ2) is 22.3. The summed E-state index contributed by atoms with van der Waals surface area (Å²) in [5.41, 5.74) is 1.48.